The van der Waals surface area contributed by atoms with Gasteiger partial charge in [-0.05, 0) is 62.7 Å². The van der Waals surface area contributed by atoms with Crippen molar-refractivity contribution in [3.8, 4) is 18.0 Å². The van der Waals surface area contributed by atoms with Gasteiger partial charge in [-0.3, -0.25) is 19.1 Å². The average molecular weight is 405 g/mol. The lowest BCUT2D eigenvalue weighted by Gasteiger charge is -2.44. The zero-order valence-corrected chi connectivity index (χ0v) is 17.4. The van der Waals surface area contributed by atoms with Gasteiger partial charge in [-0.15, -0.1) is 6.42 Å². The summed E-state index contributed by atoms with van der Waals surface area (Å²) in [5, 5.41) is 3.19. The summed E-state index contributed by atoms with van der Waals surface area (Å²) in [7, 11) is 1.97. The lowest BCUT2D eigenvalue weighted by molar-refractivity contribution is 0.0620. The Hall–Kier alpha value is -2.88. The predicted octanol–water partition coefficient (Wildman–Crippen LogP) is 1.73. The number of terminal acetylenes is 1. The van der Waals surface area contributed by atoms with Crippen LogP contribution in [0.3, 0.4) is 0 Å². The summed E-state index contributed by atoms with van der Waals surface area (Å²) in [6, 6.07) is 11.0. The fraction of sp³-hybridized carbons (Fsp3) is 0.417. The maximum atomic E-state index is 12.9. The SMILES string of the molecule is C#CCN(C)Cc1ccc(-n2cc(C(=O)NC3CN4CCC3CC4)ccc2=O)cc1. The standard InChI is InChI=1S/C24H28N4O2/c1-3-12-26(2)15-18-4-7-21(8-5-18)28-16-20(6-9-23(28)29)24(30)25-22-17-27-13-10-19(22)11-14-27/h1,4-9,16,19,22H,10-15,17H2,2H3,(H,25,30). The van der Waals surface area contributed by atoms with E-state index >= 15 is 0 Å². The average Bonchev–Trinajstić information content (AvgIpc) is 2.76. The third-order valence-electron chi connectivity index (χ3n) is 6.17. The molecule has 156 valence electrons. The van der Waals surface area contributed by atoms with Gasteiger partial charge in [0.25, 0.3) is 11.5 Å². The van der Waals surface area contributed by atoms with Gasteiger partial charge in [0.2, 0.25) is 0 Å². The highest BCUT2D eigenvalue weighted by molar-refractivity contribution is 5.94. The molecular formula is C24H28N4O2. The van der Waals surface area contributed by atoms with Crippen LogP contribution < -0.4 is 10.9 Å². The predicted molar refractivity (Wildman–Crippen MR) is 118 cm³/mol. The van der Waals surface area contributed by atoms with E-state index in [0.717, 1.165) is 50.3 Å². The first-order chi connectivity index (χ1) is 14.5. The first-order valence-corrected chi connectivity index (χ1v) is 10.5. The first-order valence-electron chi connectivity index (χ1n) is 10.5. The molecule has 30 heavy (non-hydrogen) atoms. The van der Waals surface area contributed by atoms with Gasteiger partial charge in [0.05, 0.1) is 12.1 Å². The molecule has 4 heterocycles. The Morgan fingerprint density at radius 1 is 1.20 bits per heavy atom. The molecule has 3 saturated heterocycles. The van der Waals surface area contributed by atoms with Crippen LogP contribution in [0.1, 0.15) is 28.8 Å². The van der Waals surface area contributed by atoms with E-state index in [0.29, 0.717) is 18.0 Å². The molecule has 2 bridgehead atoms. The summed E-state index contributed by atoms with van der Waals surface area (Å²) >= 11 is 0. The zero-order valence-electron chi connectivity index (χ0n) is 17.4. The molecule has 3 aliphatic heterocycles. The van der Waals surface area contributed by atoms with Crippen molar-refractivity contribution >= 4 is 5.91 Å². The largest absolute Gasteiger partial charge is 0.348 e. The number of nitrogens with zero attached hydrogens (tertiary/aromatic N) is 3. The number of hydrogen-bond donors (Lipinski definition) is 1. The fourth-order valence-corrected chi connectivity index (χ4v) is 4.49. The van der Waals surface area contributed by atoms with Gasteiger partial charge in [-0.25, -0.2) is 0 Å². The van der Waals surface area contributed by atoms with Crippen molar-refractivity contribution in [1.82, 2.24) is 19.7 Å². The van der Waals surface area contributed by atoms with Crippen LogP contribution in [0.5, 0.6) is 0 Å². The first kappa shape index (κ1) is 20.4. The van der Waals surface area contributed by atoms with Crippen LogP contribution in [-0.2, 0) is 6.54 Å². The number of fused-ring (bicyclic) bond motifs is 3. The number of aromatic nitrogens is 1. The van der Waals surface area contributed by atoms with Crippen molar-refractivity contribution in [1.29, 1.82) is 0 Å². The second-order valence-corrected chi connectivity index (χ2v) is 8.39. The van der Waals surface area contributed by atoms with Gasteiger partial charge in [-0.1, -0.05) is 18.1 Å². The van der Waals surface area contributed by atoms with Crippen LogP contribution in [0.2, 0.25) is 0 Å². The normalized spacial score (nSPS) is 22.6. The van der Waals surface area contributed by atoms with Gasteiger partial charge >= 0.3 is 0 Å². The highest BCUT2D eigenvalue weighted by Gasteiger charge is 2.35. The van der Waals surface area contributed by atoms with Gasteiger partial charge in [0, 0.05) is 37.1 Å². The minimum atomic E-state index is -0.161. The third kappa shape index (κ3) is 4.48. The number of carbonyl (C=O) groups is 1. The van der Waals surface area contributed by atoms with Crippen LogP contribution in [-0.4, -0.2) is 59.5 Å². The molecule has 6 heteroatoms. The number of rotatable bonds is 6. The number of piperidine rings is 3. The van der Waals surface area contributed by atoms with Gasteiger partial charge in [0.15, 0.2) is 0 Å². The molecule has 1 atom stereocenters. The van der Waals surface area contributed by atoms with Crippen molar-refractivity contribution in [2.24, 2.45) is 5.92 Å². The Balaban J connectivity index is 1.48. The second kappa shape index (κ2) is 8.86. The van der Waals surface area contributed by atoms with Crippen LogP contribution in [0, 0.1) is 18.3 Å². The van der Waals surface area contributed by atoms with Gasteiger partial charge in [-0.2, -0.15) is 0 Å². The topological polar surface area (TPSA) is 57.6 Å². The molecule has 5 rings (SSSR count). The molecule has 3 aliphatic rings. The molecule has 1 N–H and O–H groups in total. The van der Waals surface area contributed by atoms with E-state index in [2.05, 4.69) is 16.1 Å². The Bertz CT molecular complexity index is 997. The summed E-state index contributed by atoms with van der Waals surface area (Å²) in [5.41, 5.74) is 2.19. The molecule has 1 amide bonds. The van der Waals surface area contributed by atoms with E-state index in [1.165, 1.54) is 10.6 Å². The number of pyridine rings is 1. The Kier molecular flexibility index (Phi) is 6.03. The van der Waals surface area contributed by atoms with Gasteiger partial charge in [0.1, 0.15) is 0 Å². The molecule has 2 aromatic rings. The van der Waals surface area contributed by atoms with Crippen LogP contribution in [0.15, 0.2) is 47.4 Å². The molecule has 0 spiro atoms. The zero-order chi connectivity index (χ0) is 21.1. The molecule has 0 aliphatic carbocycles. The van der Waals surface area contributed by atoms with E-state index in [-0.39, 0.29) is 17.5 Å². The van der Waals surface area contributed by atoms with E-state index < -0.39 is 0 Å². The molecule has 1 aromatic carbocycles. The lowest BCUT2D eigenvalue weighted by Crippen LogP contribution is -2.57. The number of carbonyl (C=O) groups excluding carboxylic acids is 1. The number of hydrogen-bond acceptors (Lipinski definition) is 4. The molecular weight excluding hydrogens is 376 g/mol. The maximum absolute atomic E-state index is 12.9. The summed E-state index contributed by atoms with van der Waals surface area (Å²) in [4.78, 5) is 29.7. The van der Waals surface area contributed by atoms with Crippen molar-refractivity contribution in [2.75, 3.05) is 33.2 Å². The van der Waals surface area contributed by atoms with E-state index in [9.17, 15) is 9.59 Å². The number of amides is 1. The molecule has 6 nitrogen and oxygen atoms in total. The monoisotopic (exact) mass is 404 g/mol. The summed E-state index contributed by atoms with van der Waals surface area (Å²) in [6.07, 6.45) is 9.28. The molecule has 1 unspecified atom stereocenters. The quantitative estimate of drug-likeness (QED) is 0.745. The molecule has 0 radical (unpaired) electrons. The number of nitrogens with one attached hydrogen (secondary N) is 1. The van der Waals surface area contributed by atoms with Crippen molar-refractivity contribution < 1.29 is 4.79 Å². The Morgan fingerprint density at radius 3 is 2.57 bits per heavy atom. The minimum Gasteiger partial charge on any atom is -0.348 e. The fourth-order valence-electron chi connectivity index (χ4n) is 4.49. The maximum Gasteiger partial charge on any atom is 0.255 e. The molecule has 3 fully saturated rings. The number of benzene rings is 1. The summed E-state index contributed by atoms with van der Waals surface area (Å²) in [5.74, 6) is 3.07. The Labute approximate surface area is 177 Å². The highest BCUT2D eigenvalue weighted by Crippen LogP contribution is 2.27. The van der Waals surface area contributed by atoms with Crippen LogP contribution in [0.4, 0.5) is 0 Å². The van der Waals surface area contributed by atoms with Crippen molar-refractivity contribution in [3.05, 3.63) is 64.1 Å². The second-order valence-electron chi connectivity index (χ2n) is 8.39. The molecule has 0 saturated carbocycles. The van der Waals surface area contributed by atoms with Crippen molar-refractivity contribution in [2.45, 2.75) is 25.4 Å². The van der Waals surface area contributed by atoms with Crippen LogP contribution in [0.25, 0.3) is 5.69 Å². The third-order valence-corrected chi connectivity index (χ3v) is 6.17. The lowest BCUT2D eigenvalue weighted by atomic mass is 9.84. The van der Waals surface area contributed by atoms with E-state index in [1.54, 1.807) is 12.3 Å². The molecule has 1 aromatic heterocycles. The minimum absolute atomic E-state index is 0.116. The smallest absolute Gasteiger partial charge is 0.255 e. The highest BCUT2D eigenvalue weighted by atomic mass is 16.2. The van der Waals surface area contributed by atoms with E-state index in [1.807, 2.05) is 36.2 Å². The van der Waals surface area contributed by atoms with Crippen molar-refractivity contribution in [3.63, 3.8) is 0 Å². The summed E-state index contributed by atoms with van der Waals surface area (Å²) in [6.45, 7) is 4.51. The Morgan fingerprint density at radius 2 is 1.93 bits per heavy atom. The van der Waals surface area contributed by atoms with E-state index in [4.69, 9.17) is 6.42 Å². The van der Waals surface area contributed by atoms with Crippen LogP contribution >= 0.6 is 0 Å². The summed E-state index contributed by atoms with van der Waals surface area (Å²) < 4.78 is 1.53. The van der Waals surface area contributed by atoms with Gasteiger partial charge < -0.3 is 10.2 Å².